The lowest BCUT2D eigenvalue weighted by atomic mass is 9.73. The van der Waals surface area contributed by atoms with Crippen LogP contribution in [0.25, 0.3) is 10.9 Å². The summed E-state index contributed by atoms with van der Waals surface area (Å²) >= 11 is 0. The highest BCUT2D eigenvalue weighted by molar-refractivity contribution is 5.82. The number of amides is 1. The van der Waals surface area contributed by atoms with Crippen LogP contribution in [0.5, 0.6) is 5.75 Å². The third-order valence-electron chi connectivity index (χ3n) is 7.68. The van der Waals surface area contributed by atoms with Crippen molar-refractivity contribution in [2.24, 2.45) is 5.41 Å². The van der Waals surface area contributed by atoms with Crippen LogP contribution < -0.4 is 4.74 Å². The number of ether oxygens (including phenoxy) is 1. The summed E-state index contributed by atoms with van der Waals surface area (Å²) in [5.74, 6) is 1.27. The van der Waals surface area contributed by atoms with E-state index in [9.17, 15) is 4.79 Å². The summed E-state index contributed by atoms with van der Waals surface area (Å²) in [6.45, 7) is 3.96. The number of pyridine rings is 1. The van der Waals surface area contributed by atoms with Gasteiger partial charge in [0.2, 0.25) is 5.91 Å². The molecule has 5 rings (SSSR count). The van der Waals surface area contributed by atoms with Gasteiger partial charge < -0.3 is 9.64 Å². The average Bonchev–Trinajstić information content (AvgIpc) is 2.87. The van der Waals surface area contributed by atoms with Crippen LogP contribution in [-0.2, 0) is 17.8 Å². The van der Waals surface area contributed by atoms with E-state index in [4.69, 9.17) is 4.74 Å². The lowest BCUT2D eigenvalue weighted by molar-refractivity contribution is -0.145. The number of aryl methyl sites for hydroxylation is 1. The Balaban J connectivity index is 1.25. The molecule has 0 N–H and O–H groups in total. The zero-order valence-electron chi connectivity index (χ0n) is 20.2. The van der Waals surface area contributed by atoms with Crippen LogP contribution in [-0.4, -0.2) is 54.0 Å². The van der Waals surface area contributed by atoms with Gasteiger partial charge in [-0.2, -0.15) is 0 Å². The molecule has 3 heterocycles. The quantitative estimate of drug-likeness (QED) is 0.538. The van der Waals surface area contributed by atoms with E-state index in [0.29, 0.717) is 19.1 Å². The number of carbonyl (C=O) groups excluding carboxylic acids is 1. The number of likely N-dealkylation sites (tertiary alicyclic amines) is 1. The lowest BCUT2D eigenvalue weighted by Gasteiger charge is -2.43. The number of para-hydroxylation sites is 2. The van der Waals surface area contributed by atoms with Crippen molar-refractivity contribution in [1.29, 1.82) is 0 Å². The smallest absolute Gasteiger partial charge is 0.228 e. The number of aromatic nitrogens is 1. The first kappa shape index (κ1) is 22.9. The summed E-state index contributed by atoms with van der Waals surface area (Å²) in [6, 6.07) is 18.9. The van der Waals surface area contributed by atoms with Crippen molar-refractivity contribution >= 4 is 16.8 Å². The van der Waals surface area contributed by atoms with Crippen LogP contribution in [0.4, 0.5) is 0 Å². The number of hydrogen-bond donors (Lipinski definition) is 0. The second-order valence-electron chi connectivity index (χ2n) is 9.98. The number of piperidine rings is 1. The molecule has 1 fully saturated rings. The van der Waals surface area contributed by atoms with Crippen molar-refractivity contribution in [3.05, 3.63) is 71.9 Å². The van der Waals surface area contributed by atoms with Gasteiger partial charge in [-0.3, -0.25) is 14.7 Å². The molecule has 0 saturated carbocycles. The Morgan fingerprint density at radius 1 is 0.971 bits per heavy atom. The minimum atomic E-state index is -0.244. The van der Waals surface area contributed by atoms with Crippen molar-refractivity contribution in [2.45, 2.75) is 45.1 Å². The molecule has 1 aromatic heterocycles. The van der Waals surface area contributed by atoms with Gasteiger partial charge in [0.25, 0.3) is 0 Å². The van der Waals surface area contributed by atoms with Gasteiger partial charge in [-0.25, -0.2) is 0 Å². The maximum atomic E-state index is 13.6. The van der Waals surface area contributed by atoms with E-state index in [1.165, 1.54) is 16.5 Å². The molecule has 2 aliphatic rings. The molecule has 0 bridgehead atoms. The van der Waals surface area contributed by atoms with E-state index in [-0.39, 0.29) is 5.41 Å². The topological polar surface area (TPSA) is 45.7 Å². The third kappa shape index (κ3) is 4.95. The summed E-state index contributed by atoms with van der Waals surface area (Å²) < 4.78 is 6.06. The number of rotatable bonds is 2. The van der Waals surface area contributed by atoms with Crippen LogP contribution in [0.15, 0.2) is 60.8 Å². The van der Waals surface area contributed by atoms with Gasteiger partial charge in [0, 0.05) is 25.2 Å². The molecule has 3 aromatic rings. The van der Waals surface area contributed by atoms with Crippen molar-refractivity contribution in [2.75, 3.05) is 33.3 Å². The van der Waals surface area contributed by atoms with Crippen LogP contribution in [0.3, 0.4) is 0 Å². The van der Waals surface area contributed by atoms with Gasteiger partial charge in [-0.15, -0.1) is 0 Å². The Morgan fingerprint density at radius 3 is 2.65 bits per heavy atom. The molecule has 5 nitrogen and oxygen atoms in total. The maximum Gasteiger partial charge on any atom is 0.228 e. The number of likely N-dealkylation sites (N-methyl/N-ethyl adjacent to an activating group) is 1. The standard InChI is InChI=1S/C29H35N3O2/c1-31-18-19-34-27-12-5-3-8-24(27)9-6-7-13-29(28(31)33)14-16-32(17-15-29)22-23-20-25-10-2-4-11-26(25)30-21-23/h2-5,8,10-12,20-21H,6-7,9,13-19,22H2,1H3. The molecule has 0 unspecified atom stereocenters. The zero-order chi connectivity index (χ0) is 23.4. The maximum absolute atomic E-state index is 13.6. The molecular weight excluding hydrogens is 422 g/mol. The molecule has 5 heteroatoms. The molecule has 1 saturated heterocycles. The van der Waals surface area contributed by atoms with Gasteiger partial charge in [-0.1, -0.05) is 42.8 Å². The van der Waals surface area contributed by atoms with Crippen molar-refractivity contribution < 1.29 is 9.53 Å². The first-order chi connectivity index (χ1) is 16.6. The van der Waals surface area contributed by atoms with E-state index in [1.54, 1.807) is 0 Å². The summed E-state index contributed by atoms with van der Waals surface area (Å²) in [6.07, 6.45) is 8.00. The fourth-order valence-electron chi connectivity index (χ4n) is 5.60. The van der Waals surface area contributed by atoms with E-state index in [1.807, 2.05) is 36.3 Å². The fraction of sp³-hybridized carbons (Fsp3) is 0.448. The predicted octanol–water partition coefficient (Wildman–Crippen LogP) is 5.08. The highest BCUT2D eigenvalue weighted by Crippen LogP contribution is 2.39. The number of nitrogens with zero attached hydrogens (tertiary/aromatic N) is 3. The summed E-state index contributed by atoms with van der Waals surface area (Å²) in [4.78, 5) is 22.7. The monoisotopic (exact) mass is 457 g/mol. The molecule has 178 valence electrons. The number of carbonyl (C=O) groups is 1. The second kappa shape index (κ2) is 10.1. The highest BCUT2D eigenvalue weighted by Gasteiger charge is 2.42. The number of benzene rings is 2. The van der Waals surface area contributed by atoms with Gasteiger partial charge in [0.15, 0.2) is 0 Å². The van der Waals surface area contributed by atoms with Gasteiger partial charge in [-0.05, 0) is 74.5 Å². The number of hydrogen-bond acceptors (Lipinski definition) is 4. The van der Waals surface area contributed by atoms with Crippen molar-refractivity contribution in [3.8, 4) is 5.75 Å². The molecule has 2 aliphatic heterocycles. The van der Waals surface area contributed by atoms with Crippen LogP contribution in [0.2, 0.25) is 0 Å². The molecule has 0 radical (unpaired) electrons. The van der Waals surface area contributed by atoms with E-state index < -0.39 is 0 Å². The van der Waals surface area contributed by atoms with Crippen LogP contribution >= 0.6 is 0 Å². The number of fused-ring (bicyclic) bond motifs is 2. The highest BCUT2D eigenvalue weighted by atomic mass is 16.5. The SMILES string of the molecule is CN1CCOc2ccccc2CCCCC2(CCN(Cc3cnc4ccccc4c3)CC2)C1=O. The minimum Gasteiger partial charge on any atom is -0.491 e. The molecule has 34 heavy (non-hydrogen) atoms. The first-order valence-corrected chi connectivity index (χ1v) is 12.7. The Morgan fingerprint density at radius 2 is 1.76 bits per heavy atom. The van der Waals surface area contributed by atoms with E-state index in [2.05, 4.69) is 46.3 Å². The van der Waals surface area contributed by atoms with Gasteiger partial charge >= 0.3 is 0 Å². The predicted molar refractivity (Wildman–Crippen MR) is 136 cm³/mol. The molecule has 2 aromatic carbocycles. The normalized spacial score (nSPS) is 19.8. The Kier molecular flexibility index (Phi) is 6.82. The first-order valence-electron chi connectivity index (χ1n) is 12.7. The van der Waals surface area contributed by atoms with Gasteiger partial charge in [0.05, 0.1) is 17.5 Å². The molecule has 0 atom stereocenters. The lowest BCUT2D eigenvalue weighted by Crippen LogP contribution is -2.50. The zero-order valence-corrected chi connectivity index (χ0v) is 20.2. The van der Waals surface area contributed by atoms with Crippen molar-refractivity contribution in [3.63, 3.8) is 0 Å². The Labute approximate surface area is 202 Å². The molecule has 1 amide bonds. The molecule has 1 spiro atoms. The van der Waals surface area contributed by atoms with E-state index >= 15 is 0 Å². The Bertz CT molecular complexity index is 1140. The largest absolute Gasteiger partial charge is 0.491 e. The molecular formula is C29H35N3O2. The third-order valence-corrected chi connectivity index (χ3v) is 7.68. The summed E-state index contributed by atoms with van der Waals surface area (Å²) in [5.41, 5.74) is 3.32. The molecule has 0 aliphatic carbocycles. The summed E-state index contributed by atoms with van der Waals surface area (Å²) in [7, 11) is 1.94. The van der Waals surface area contributed by atoms with Gasteiger partial charge in [0.1, 0.15) is 12.4 Å². The second-order valence-corrected chi connectivity index (χ2v) is 9.98. The van der Waals surface area contributed by atoms with Crippen molar-refractivity contribution in [1.82, 2.24) is 14.8 Å². The summed E-state index contributed by atoms with van der Waals surface area (Å²) in [5, 5.41) is 1.19. The van der Waals surface area contributed by atoms with E-state index in [0.717, 1.165) is 69.4 Å². The fourth-order valence-corrected chi connectivity index (χ4v) is 5.60. The minimum absolute atomic E-state index is 0.244. The average molecular weight is 458 g/mol. The van der Waals surface area contributed by atoms with Crippen LogP contribution in [0, 0.1) is 5.41 Å². The Hall–Kier alpha value is -2.92. The van der Waals surface area contributed by atoms with Crippen LogP contribution in [0.1, 0.15) is 43.2 Å².